The van der Waals surface area contributed by atoms with Gasteiger partial charge in [-0.25, -0.2) is 4.39 Å². The van der Waals surface area contributed by atoms with Crippen molar-refractivity contribution in [3.8, 4) is 0 Å². The summed E-state index contributed by atoms with van der Waals surface area (Å²) in [5, 5.41) is 10.7. The molecule has 0 spiro atoms. The molecule has 0 bridgehead atoms. The third-order valence-electron chi connectivity index (χ3n) is 4.07. The van der Waals surface area contributed by atoms with Gasteiger partial charge >= 0.3 is 0 Å². The van der Waals surface area contributed by atoms with Gasteiger partial charge in [0.1, 0.15) is 5.82 Å². The van der Waals surface area contributed by atoms with Crippen LogP contribution >= 0.6 is 35.6 Å². The molecule has 28 heavy (non-hydrogen) atoms. The summed E-state index contributed by atoms with van der Waals surface area (Å²) in [5.74, 6) is 1.68. The Morgan fingerprint density at radius 3 is 2.68 bits per heavy atom. The molecule has 156 valence electrons. The predicted molar refractivity (Wildman–Crippen MR) is 121 cm³/mol. The lowest BCUT2D eigenvalue weighted by Crippen LogP contribution is -2.39. The van der Waals surface area contributed by atoms with Crippen molar-refractivity contribution >= 4 is 41.5 Å². The van der Waals surface area contributed by atoms with Crippen molar-refractivity contribution in [2.45, 2.75) is 46.0 Å². The lowest BCUT2D eigenvalue weighted by atomic mass is 9.84. The van der Waals surface area contributed by atoms with E-state index in [4.69, 9.17) is 16.1 Å². The highest BCUT2D eigenvalue weighted by Gasteiger charge is 2.23. The van der Waals surface area contributed by atoms with Gasteiger partial charge in [0.25, 0.3) is 0 Å². The molecular formula is C19H28ClFIN5O. The van der Waals surface area contributed by atoms with Gasteiger partial charge in [0.05, 0.1) is 6.54 Å². The average molecular weight is 524 g/mol. The molecule has 0 radical (unpaired) electrons. The number of aryl methyl sites for hydroxylation is 2. The summed E-state index contributed by atoms with van der Waals surface area (Å²) in [6.45, 7) is 9.89. The van der Waals surface area contributed by atoms with Crippen molar-refractivity contribution in [2.75, 3.05) is 19.6 Å². The summed E-state index contributed by atoms with van der Waals surface area (Å²) in [6, 6.07) is 4.49. The van der Waals surface area contributed by atoms with Gasteiger partial charge in [-0.1, -0.05) is 36.7 Å². The molecule has 0 saturated heterocycles. The number of rotatable bonds is 8. The Balaban J connectivity index is 0.00000392. The molecule has 2 rings (SSSR count). The maximum atomic E-state index is 13.3. The van der Waals surface area contributed by atoms with Gasteiger partial charge in [0.2, 0.25) is 5.89 Å². The van der Waals surface area contributed by atoms with Crippen LogP contribution in [0.1, 0.15) is 44.5 Å². The molecule has 0 atom stereocenters. The van der Waals surface area contributed by atoms with Gasteiger partial charge in [-0.3, -0.25) is 4.99 Å². The first kappa shape index (κ1) is 24.6. The molecule has 1 aromatic carbocycles. The van der Waals surface area contributed by atoms with Crippen LogP contribution in [0.4, 0.5) is 4.39 Å². The maximum absolute atomic E-state index is 13.3. The van der Waals surface area contributed by atoms with E-state index < -0.39 is 0 Å². The molecule has 0 amide bonds. The zero-order valence-electron chi connectivity index (χ0n) is 16.7. The second kappa shape index (κ2) is 11.5. The van der Waals surface area contributed by atoms with Crippen molar-refractivity contribution in [1.82, 2.24) is 20.8 Å². The number of guanidine groups is 1. The fraction of sp³-hybridized carbons (Fsp3) is 0.526. The highest BCUT2D eigenvalue weighted by molar-refractivity contribution is 14.0. The first-order valence-electron chi connectivity index (χ1n) is 9.08. The first-order chi connectivity index (χ1) is 12.8. The van der Waals surface area contributed by atoms with Crippen LogP contribution in [-0.2, 0) is 11.8 Å². The molecule has 2 N–H and O–H groups in total. The van der Waals surface area contributed by atoms with Crippen molar-refractivity contribution in [2.24, 2.45) is 4.99 Å². The van der Waals surface area contributed by atoms with E-state index in [0.717, 1.165) is 31.0 Å². The summed E-state index contributed by atoms with van der Waals surface area (Å²) in [4.78, 5) is 8.85. The highest BCUT2D eigenvalue weighted by atomic mass is 127. The van der Waals surface area contributed by atoms with Crippen LogP contribution in [0.5, 0.6) is 0 Å². The molecule has 0 aliphatic rings. The molecule has 2 aromatic rings. The minimum absolute atomic E-state index is 0. The van der Waals surface area contributed by atoms with E-state index in [2.05, 4.69) is 25.8 Å². The largest absolute Gasteiger partial charge is 0.357 e. The van der Waals surface area contributed by atoms with Crippen LogP contribution in [-0.4, -0.2) is 35.7 Å². The van der Waals surface area contributed by atoms with E-state index in [1.165, 1.54) is 12.1 Å². The number of nitrogens with zero attached hydrogens (tertiary/aromatic N) is 3. The van der Waals surface area contributed by atoms with E-state index in [9.17, 15) is 4.39 Å². The Labute approximate surface area is 187 Å². The average Bonchev–Trinajstić information content (AvgIpc) is 3.01. The SMILES string of the molecule is CCNC(=NCC(C)(C)c1ccc(F)cc1Cl)NCCCc1nc(C)no1.I. The summed E-state index contributed by atoms with van der Waals surface area (Å²) in [7, 11) is 0. The number of aromatic nitrogens is 2. The summed E-state index contributed by atoms with van der Waals surface area (Å²) >= 11 is 6.21. The molecule has 9 heteroatoms. The molecule has 1 aromatic heterocycles. The standard InChI is InChI=1S/C19H27ClFN5O.HI/c1-5-22-18(23-10-6-7-17-25-13(2)26-27-17)24-12-19(3,4)15-9-8-14(21)11-16(15)20;/h8-9,11H,5-7,10,12H2,1-4H3,(H2,22,23,24);1H. The van der Waals surface area contributed by atoms with Crippen molar-refractivity contribution in [1.29, 1.82) is 0 Å². The van der Waals surface area contributed by atoms with E-state index >= 15 is 0 Å². The van der Waals surface area contributed by atoms with Crippen LogP contribution in [0.15, 0.2) is 27.7 Å². The molecule has 0 aliphatic carbocycles. The number of hydrogen-bond acceptors (Lipinski definition) is 4. The van der Waals surface area contributed by atoms with Crippen LogP contribution < -0.4 is 10.6 Å². The molecule has 0 unspecified atom stereocenters. The van der Waals surface area contributed by atoms with Crippen LogP contribution in [0.2, 0.25) is 5.02 Å². The summed E-state index contributed by atoms with van der Waals surface area (Å²) in [5.41, 5.74) is 0.547. The van der Waals surface area contributed by atoms with E-state index in [0.29, 0.717) is 29.7 Å². The minimum atomic E-state index is -0.338. The molecule has 0 fully saturated rings. The zero-order chi connectivity index (χ0) is 19.9. The number of halogens is 3. The fourth-order valence-corrected chi connectivity index (χ4v) is 3.05. The van der Waals surface area contributed by atoms with Gasteiger partial charge in [0, 0.05) is 29.9 Å². The second-order valence-corrected chi connectivity index (χ2v) is 7.38. The van der Waals surface area contributed by atoms with Crippen molar-refractivity contribution in [3.63, 3.8) is 0 Å². The Kier molecular flexibility index (Phi) is 10.2. The third-order valence-corrected chi connectivity index (χ3v) is 4.38. The number of hydrogen-bond donors (Lipinski definition) is 2. The molecule has 0 saturated carbocycles. The van der Waals surface area contributed by atoms with E-state index in [1.807, 2.05) is 20.8 Å². The van der Waals surface area contributed by atoms with Crippen LogP contribution in [0.25, 0.3) is 0 Å². The third kappa shape index (κ3) is 7.54. The maximum Gasteiger partial charge on any atom is 0.226 e. The number of benzene rings is 1. The lowest BCUT2D eigenvalue weighted by molar-refractivity contribution is 0.372. The number of aliphatic imine (C=N–C) groups is 1. The first-order valence-corrected chi connectivity index (χ1v) is 9.46. The smallest absolute Gasteiger partial charge is 0.226 e. The quantitative estimate of drug-likeness (QED) is 0.234. The second-order valence-electron chi connectivity index (χ2n) is 6.97. The monoisotopic (exact) mass is 523 g/mol. The van der Waals surface area contributed by atoms with Crippen molar-refractivity contribution in [3.05, 3.63) is 46.3 Å². The van der Waals surface area contributed by atoms with Gasteiger partial charge in [-0.05, 0) is 38.0 Å². The van der Waals surface area contributed by atoms with Gasteiger partial charge in [0.15, 0.2) is 11.8 Å². The predicted octanol–water partition coefficient (Wildman–Crippen LogP) is 4.25. The van der Waals surface area contributed by atoms with E-state index in [1.54, 1.807) is 13.0 Å². The number of nitrogens with one attached hydrogen (secondary N) is 2. The Bertz CT molecular complexity index is 781. The minimum Gasteiger partial charge on any atom is -0.357 e. The van der Waals surface area contributed by atoms with Gasteiger partial charge in [-0.2, -0.15) is 4.98 Å². The fourth-order valence-electron chi connectivity index (χ4n) is 2.63. The Morgan fingerprint density at radius 2 is 2.07 bits per heavy atom. The molecular weight excluding hydrogens is 496 g/mol. The van der Waals surface area contributed by atoms with Gasteiger partial charge in [-0.15, -0.1) is 24.0 Å². The van der Waals surface area contributed by atoms with Crippen molar-refractivity contribution < 1.29 is 8.91 Å². The Hall–Kier alpha value is -1.42. The molecule has 1 heterocycles. The highest BCUT2D eigenvalue weighted by Crippen LogP contribution is 2.30. The van der Waals surface area contributed by atoms with E-state index in [-0.39, 0.29) is 35.2 Å². The normalized spacial score (nSPS) is 11.9. The van der Waals surface area contributed by atoms with Crippen LogP contribution in [0, 0.1) is 12.7 Å². The molecule has 6 nitrogen and oxygen atoms in total. The zero-order valence-corrected chi connectivity index (χ0v) is 19.8. The molecule has 0 aliphatic heterocycles. The topological polar surface area (TPSA) is 75.3 Å². The summed E-state index contributed by atoms with van der Waals surface area (Å²) in [6.07, 6.45) is 1.56. The van der Waals surface area contributed by atoms with Crippen LogP contribution in [0.3, 0.4) is 0 Å². The Morgan fingerprint density at radius 1 is 1.32 bits per heavy atom. The van der Waals surface area contributed by atoms with Gasteiger partial charge < -0.3 is 15.2 Å². The summed E-state index contributed by atoms with van der Waals surface area (Å²) < 4.78 is 18.4. The lowest BCUT2D eigenvalue weighted by Gasteiger charge is -2.25.